The quantitative estimate of drug-likeness (QED) is 0.597. The summed E-state index contributed by atoms with van der Waals surface area (Å²) in [6, 6.07) is 10.4. The lowest BCUT2D eigenvalue weighted by molar-refractivity contribution is -0.137. The first-order valence-corrected chi connectivity index (χ1v) is 10.2. The van der Waals surface area contributed by atoms with Crippen molar-refractivity contribution >= 4 is 23.1 Å². The van der Waals surface area contributed by atoms with Crippen molar-refractivity contribution in [2.24, 2.45) is 5.92 Å². The standard InChI is InChI=1S/C24H28N2O6/c1-14(2)13-26-23(27)20(15-7-9-17(29-3)10-8-15)21(24(26)28)25-16-11-18(30-4)22(32-6)19(12-16)31-5/h7-12,14,25H,13H2,1-6H3. The fourth-order valence-electron chi connectivity index (χ4n) is 3.55. The molecular formula is C24H28N2O6. The van der Waals surface area contributed by atoms with Crippen LogP contribution in [0.15, 0.2) is 42.1 Å². The summed E-state index contributed by atoms with van der Waals surface area (Å²) in [7, 11) is 6.11. The number of rotatable bonds is 9. The monoisotopic (exact) mass is 440 g/mol. The lowest BCUT2D eigenvalue weighted by Crippen LogP contribution is -2.35. The van der Waals surface area contributed by atoms with Gasteiger partial charge in [-0.25, -0.2) is 0 Å². The molecule has 1 aliphatic rings. The molecule has 0 unspecified atom stereocenters. The highest BCUT2D eigenvalue weighted by Crippen LogP contribution is 2.41. The predicted octanol–water partition coefficient (Wildman–Crippen LogP) is 3.57. The van der Waals surface area contributed by atoms with Gasteiger partial charge in [-0.1, -0.05) is 26.0 Å². The molecule has 2 amide bonds. The van der Waals surface area contributed by atoms with Gasteiger partial charge in [0.1, 0.15) is 11.4 Å². The summed E-state index contributed by atoms with van der Waals surface area (Å²) in [5.41, 5.74) is 1.63. The highest BCUT2D eigenvalue weighted by Gasteiger charge is 2.39. The van der Waals surface area contributed by atoms with Gasteiger partial charge in [0.05, 0.1) is 34.0 Å². The van der Waals surface area contributed by atoms with Gasteiger partial charge in [0.15, 0.2) is 11.5 Å². The van der Waals surface area contributed by atoms with Crippen molar-refractivity contribution in [3.05, 3.63) is 47.7 Å². The SMILES string of the molecule is COc1ccc(C2=C(Nc3cc(OC)c(OC)c(OC)c3)C(=O)N(CC(C)C)C2=O)cc1. The molecule has 0 saturated heterocycles. The van der Waals surface area contributed by atoms with Gasteiger partial charge in [0.25, 0.3) is 11.8 Å². The fraction of sp³-hybridized carbons (Fsp3) is 0.333. The Morgan fingerprint density at radius 1 is 0.844 bits per heavy atom. The number of nitrogens with zero attached hydrogens (tertiary/aromatic N) is 1. The summed E-state index contributed by atoms with van der Waals surface area (Å²) in [4.78, 5) is 27.8. The summed E-state index contributed by atoms with van der Waals surface area (Å²) in [5.74, 6) is 1.34. The maximum absolute atomic E-state index is 13.3. The van der Waals surface area contributed by atoms with Crippen LogP contribution in [0.4, 0.5) is 5.69 Å². The van der Waals surface area contributed by atoms with Crippen molar-refractivity contribution in [1.29, 1.82) is 0 Å². The number of carbonyl (C=O) groups is 2. The Hall–Kier alpha value is -3.68. The van der Waals surface area contributed by atoms with Gasteiger partial charge < -0.3 is 24.3 Å². The number of anilines is 1. The van der Waals surface area contributed by atoms with Gasteiger partial charge >= 0.3 is 0 Å². The van der Waals surface area contributed by atoms with E-state index in [9.17, 15) is 9.59 Å². The first kappa shape index (κ1) is 23.0. The number of carbonyl (C=O) groups excluding carboxylic acids is 2. The first-order valence-electron chi connectivity index (χ1n) is 10.2. The van der Waals surface area contributed by atoms with Crippen LogP contribution in [0.3, 0.4) is 0 Å². The molecule has 1 heterocycles. The number of benzene rings is 2. The van der Waals surface area contributed by atoms with Crippen LogP contribution in [-0.2, 0) is 9.59 Å². The molecule has 0 saturated carbocycles. The van der Waals surface area contributed by atoms with E-state index < -0.39 is 0 Å². The second-order valence-corrected chi connectivity index (χ2v) is 7.63. The first-order chi connectivity index (χ1) is 15.3. The minimum absolute atomic E-state index is 0.126. The molecule has 3 rings (SSSR count). The Balaban J connectivity index is 2.11. The van der Waals surface area contributed by atoms with E-state index in [1.807, 2.05) is 13.8 Å². The molecular weight excluding hydrogens is 412 g/mol. The molecule has 2 aromatic rings. The maximum atomic E-state index is 13.3. The van der Waals surface area contributed by atoms with Crippen molar-refractivity contribution in [3.63, 3.8) is 0 Å². The molecule has 0 aromatic heterocycles. The number of nitrogens with one attached hydrogen (secondary N) is 1. The molecule has 8 nitrogen and oxygen atoms in total. The molecule has 2 aromatic carbocycles. The van der Waals surface area contributed by atoms with Gasteiger partial charge in [0.2, 0.25) is 5.75 Å². The number of imide groups is 1. The Morgan fingerprint density at radius 2 is 1.44 bits per heavy atom. The van der Waals surface area contributed by atoms with Gasteiger partial charge in [-0.2, -0.15) is 0 Å². The van der Waals surface area contributed by atoms with Crippen molar-refractivity contribution < 1.29 is 28.5 Å². The smallest absolute Gasteiger partial charge is 0.278 e. The minimum Gasteiger partial charge on any atom is -0.497 e. The van der Waals surface area contributed by atoms with Gasteiger partial charge in [-0.05, 0) is 23.6 Å². The van der Waals surface area contributed by atoms with Crippen LogP contribution in [0.2, 0.25) is 0 Å². The number of methoxy groups -OCH3 is 4. The van der Waals surface area contributed by atoms with E-state index >= 15 is 0 Å². The normalized spacial score (nSPS) is 13.7. The average molecular weight is 440 g/mol. The third-order valence-electron chi connectivity index (χ3n) is 5.03. The summed E-state index contributed by atoms with van der Waals surface area (Å²) in [5, 5.41) is 3.12. The summed E-state index contributed by atoms with van der Waals surface area (Å²) in [6.45, 7) is 4.23. The summed E-state index contributed by atoms with van der Waals surface area (Å²) < 4.78 is 21.4. The molecule has 0 bridgehead atoms. The van der Waals surface area contributed by atoms with Crippen molar-refractivity contribution in [2.75, 3.05) is 40.3 Å². The zero-order valence-electron chi connectivity index (χ0n) is 19.1. The van der Waals surface area contributed by atoms with Gasteiger partial charge in [-0.3, -0.25) is 14.5 Å². The summed E-state index contributed by atoms with van der Waals surface area (Å²) >= 11 is 0. The zero-order chi connectivity index (χ0) is 23.4. The maximum Gasteiger partial charge on any atom is 0.278 e. The van der Waals surface area contributed by atoms with E-state index in [2.05, 4.69) is 5.32 Å². The largest absolute Gasteiger partial charge is 0.497 e. The van der Waals surface area contributed by atoms with Crippen LogP contribution in [-0.4, -0.2) is 51.7 Å². The van der Waals surface area contributed by atoms with Gasteiger partial charge in [-0.15, -0.1) is 0 Å². The average Bonchev–Trinajstić information content (AvgIpc) is 3.02. The second-order valence-electron chi connectivity index (χ2n) is 7.63. The second kappa shape index (κ2) is 9.64. The summed E-state index contributed by atoms with van der Waals surface area (Å²) in [6.07, 6.45) is 0. The molecule has 0 spiro atoms. The molecule has 32 heavy (non-hydrogen) atoms. The molecule has 0 radical (unpaired) electrons. The Labute approximate surface area is 187 Å². The van der Waals surface area contributed by atoms with Crippen molar-refractivity contribution in [2.45, 2.75) is 13.8 Å². The number of hydrogen-bond donors (Lipinski definition) is 1. The number of hydrogen-bond acceptors (Lipinski definition) is 7. The molecule has 1 aliphatic heterocycles. The Bertz CT molecular complexity index is 1020. The molecule has 0 fully saturated rings. The van der Waals surface area contributed by atoms with E-state index in [1.165, 1.54) is 26.2 Å². The zero-order valence-corrected chi connectivity index (χ0v) is 19.1. The van der Waals surface area contributed by atoms with E-state index in [1.54, 1.807) is 43.5 Å². The van der Waals surface area contributed by atoms with Crippen LogP contribution >= 0.6 is 0 Å². The topological polar surface area (TPSA) is 86.3 Å². The number of ether oxygens (including phenoxy) is 4. The van der Waals surface area contributed by atoms with Crippen molar-refractivity contribution in [1.82, 2.24) is 4.90 Å². The van der Waals surface area contributed by atoms with E-state index in [0.717, 1.165) is 0 Å². The van der Waals surface area contributed by atoms with Crippen LogP contribution in [0, 0.1) is 5.92 Å². The molecule has 0 atom stereocenters. The van der Waals surface area contributed by atoms with Crippen molar-refractivity contribution in [3.8, 4) is 23.0 Å². The lowest BCUT2D eigenvalue weighted by atomic mass is 10.0. The highest BCUT2D eigenvalue weighted by atomic mass is 16.5. The molecule has 0 aliphatic carbocycles. The van der Waals surface area contributed by atoms with Crippen LogP contribution in [0.5, 0.6) is 23.0 Å². The van der Waals surface area contributed by atoms with E-state index in [-0.39, 0.29) is 23.4 Å². The number of amides is 2. The lowest BCUT2D eigenvalue weighted by Gasteiger charge is -2.18. The predicted molar refractivity (Wildman–Crippen MR) is 121 cm³/mol. The van der Waals surface area contributed by atoms with E-state index in [4.69, 9.17) is 18.9 Å². The fourth-order valence-corrected chi connectivity index (χ4v) is 3.55. The highest BCUT2D eigenvalue weighted by molar-refractivity contribution is 6.36. The molecule has 170 valence electrons. The Morgan fingerprint density at radius 3 is 1.91 bits per heavy atom. The molecule has 8 heteroatoms. The molecule has 1 N–H and O–H groups in total. The minimum atomic E-state index is -0.386. The van der Waals surface area contributed by atoms with Gasteiger partial charge in [0, 0.05) is 24.4 Å². The van der Waals surface area contributed by atoms with Crippen LogP contribution in [0.25, 0.3) is 5.57 Å². The van der Waals surface area contributed by atoms with Crippen LogP contribution < -0.4 is 24.3 Å². The Kier molecular flexibility index (Phi) is 6.92. The van der Waals surface area contributed by atoms with E-state index in [0.29, 0.717) is 46.4 Å². The van der Waals surface area contributed by atoms with Crippen LogP contribution in [0.1, 0.15) is 19.4 Å². The third-order valence-corrected chi connectivity index (χ3v) is 5.03. The third kappa shape index (κ3) is 4.34.